The summed E-state index contributed by atoms with van der Waals surface area (Å²) in [4.78, 5) is 34.3. The Bertz CT molecular complexity index is 1510. The van der Waals surface area contributed by atoms with Gasteiger partial charge in [-0.05, 0) is 61.6 Å². The minimum absolute atomic E-state index is 0.0369. The third kappa shape index (κ3) is 6.81. The van der Waals surface area contributed by atoms with Crippen LogP contribution in [0.4, 0.5) is 0 Å². The molecule has 4 aromatic rings. The van der Waals surface area contributed by atoms with Gasteiger partial charge in [-0.25, -0.2) is 0 Å². The van der Waals surface area contributed by atoms with Gasteiger partial charge in [-0.1, -0.05) is 86.1 Å². The Kier molecular flexibility index (Phi) is 9.86. The average molecular weight is 553 g/mol. The lowest BCUT2D eigenvalue weighted by molar-refractivity contribution is 0.0602. The van der Waals surface area contributed by atoms with Crippen LogP contribution in [-0.2, 0) is 13.2 Å². The number of amides is 1. The summed E-state index contributed by atoms with van der Waals surface area (Å²) in [5, 5.41) is 9.50. The van der Waals surface area contributed by atoms with Crippen LogP contribution in [0.25, 0.3) is 11.1 Å². The fraction of sp³-hybridized carbons (Fsp3) is 0.324. The number of nitrogens with two attached hydrogens (primary N) is 1. The summed E-state index contributed by atoms with van der Waals surface area (Å²) in [6.07, 6.45) is 0.623. The van der Waals surface area contributed by atoms with Crippen LogP contribution in [0.1, 0.15) is 64.9 Å². The quantitative estimate of drug-likeness (QED) is 0.264. The minimum Gasteiger partial charge on any atom is -0.392 e. The maximum Gasteiger partial charge on any atom is 0.281 e. The van der Waals surface area contributed by atoms with Crippen LogP contribution < -0.4 is 11.3 Å². The van der Waals surface area contributed by atoms with Crippen molar-refractivity contribution in [2.75, 3.05) is 13.1 Å². The van der Waals surface area contributed by atoms with Gasteiger partial charge < -0.3 is 20.3 Å². The van der Waals surface area contributed by atoms with Crippen molar-refractivity contribution in [2.45, 2.75) is 53.3 Å². The third-order valence-corrected chi connectivity index (χ3v) is 7.48. The van der Waals surface area contributed by atoms with Crippen molar-refractivity contribution in [3.05, 3.63) is 123 Å². The van der Waals surface area contributed by atoms with E-state index in [2.05, 4.69) is 18.4 Å². The van der Waals surface area contributed by atoms with E-state index >= 15 is 0 Å². The van der Waals surface area contributed by atoms with Gasteiger partial charge in [0, 0.05) is 24.3 Å². The molecule has 7 heteroatoms. The molecular weight excluding hydrogens is 512 g/mol. The molecule has 0 aliphatic heterocycles. The van der Waals surface area contributed by atoms with Crippen LogP contribution in [0.5, 0.6) is 0 Å². The summed E-state index contributed by atoms with van der Waals surface area (Å²) in [6, 6.07) is 24.5. The van der Waals surface area contributed by atoms with Gasteiger partial charge in [0.05, 0.1) is 18.2 Å². The van der Waals surface area contributed by atoms with Gasteiger partial charge in [-0.3, -0.25) is 9.59 Å². The molecule has 1 amide bonds. The van der Waals surface area contributed by atoms with E-state index < -0.39 is 6.04 Å². The number of aliphatic hydroxyl groups is 1. The second-order valence-electron chi connectivity index (χ2n) is 10.9. The van der Waals surface area contributed by atoms with E-state index in [9.17, 15) is 14.7 Å². The summed E-state index contributed by atoms with van der Waals surface area (Å²) in [7, 11) is 0. The zero-order valence-corrected chi connectivity index (χ0v) is 24.4. The Morgan fingerprint density at radius 2 is 1.61 bits per heavy atom. The predicted octanol–water partition coefficient (Wildman–Crippen LogP) is 5.26. The Morgan fingerprint density at radius 1 is 0.951 bits per heavy atom. The predicted molar refractivity (Wildman–Crippen MR) is 164 cm³/mol. The Labute approximate surface area is 242 Å². The molecule has 41 heavy (non-hydrogen) atoms. The zero-order chi connectivity index (χ0) is 29.5. The van der Waals surface area contributed by atoms with E-state index in [1.165, 1.54) is 0 Å². The molecule has 0 spiro atoms. The summed E-state index contributed by atoms with van der Waals surface area (Å²) >= 11 is 0. The third-order valence-electron chi connectivity index (χ3n) is 7.48. The SMILES string of the molecule is Cc1ccc(C(=O)N(CCCN)C(c2nc(=O)c(-c3ccc(CO)cc3)c(C)n2Cc2ccccc2)C(C)C)cc1. The maximum absolute atomic E-state index is 14.0. The molecular formula is C34H40N4O3. The highest BCUT2D eigenvalue weighted by Gasteiger charge is 2.33. The monoisotopic (exact) mass is 552 g/mol. The number of aryl methyl sites for hydroxylation is 1. The molecule has 0 aliphatic carbocycles. The molecule has 0 bridgehead atoms. The lowest BCUT2D eigenvalue weighted by Crippen LogP contribution is -2.42. The normalized spacial score (nSPS) is 12.0. The molecule has 214 valence electrons. The van der Waals surface area contributed by atoms with Crippen molar-refractivity contribution < 1.29 is 9.90 Å². The molecule has 0 saturated heterocycles. The van der Waals surface area contributed by atoms with Crippen molar-refractivity contribution in [3.63, 3.8) is 0 Å². The molecule has 4 rings (SSSR count). The molecule has 0 saturated carbocycles. The topological polar surface area (TPSA) is 101 Å². The number of aromatic nitrogens is 2. The molecule has 3 aromatic carbocycles. The van der Waals surface area contributed by atoms with Crippen LogP contribution in [0, 0.1) is 19.8 Å². The zero-order valence-electron chi connectivity index (χ0n) is 24.4. The first-order valence-corrected chi connectivity index (χ1v) is 14.2. The van der Waals surface area contributed by atoms with Gasteiger partial charge in [-0.2, -0.15) is 4.98 Å². The van der Waals surface area contributed by atoms with E-state index in [1.54, 1.807) is 0 Å². The Hall–Kier alpha value is -4.07. The summed E-state index contributed by atoms with van der Waals surface area (Å²) in [5.41, 5.74) is 11.1. The molecule has 1 aromatic heterocycles. The molecule has 0 aliphatic rings. The molecule has 1 heterocycles. The number of rotatable bonds is 11. The minimum atomic E-state index is -0.462. The highest BCUT2D eigenvalue weighted by Crippen LogP contribution is 2.32. The van der Waals surface area contributed by atoms with E-state index in [1.807, 2.05) is 97.6 Å². The molecule has 7 nitrogen and oxygen atoms in total. The van der Waals surface area contributed by atoms with E-state index in [-0.39, 0.29) is 24.0 Å². The van der Waals surface area contributed by atoms with Crippen LogP contribution in [0.3, 0.4) is 0 Å². The van der Waals surface area contributed by atoms with Crippen LogP contribution >= 0.6 is 0 Å². The highest BCUT2D eigenvalue weighted by molar-refractivity contribution is 5.94. The molecule has 3 N–H and O–H groups in total. The summed E-state index contributed by atoms with van der Waals surface area (Å²) < 4.78 is 2.08. The number of hydrogen-bond acceptors (Lipinski definition) is 5. The van der Waals surface area contributed by atoms with Crippen LogP contribution in [0.15, 0.2) is 83.7 Å². The molecule has 1 atom stereocenters. The van der Waals surface area contributed by atoms with Crippen molar-refractivity contribution in [2.24, 2.45) is 11.7 Å². The van der Waals surface area contributed by atoms with E-state index in [0.29, 0.717) is 43.0 Å². The Balaban J connectivity index is 1.92. The van der Waals surface area contributed by atoms with Gasteiger partial charge >= 0.3 is 0 Å². The standard InChI is InChI=1S/C34H40N4O3/c1-23(2)31(37(20-8-19-35)34(41)29-15-11-24(3)12-16-29)32-36-33(40)30(28-17-13-27(22-39)14-18-28)25(4)38(32)21-26-9-6-5-7-10-26/h5-7,9-18,23,31,39H,8,19-22,35H2,1-4H3. The first-order valence-electron chi connectivity index (χ1n) is 14.2. The van der Waals surface area contributed by atoms with Gasteiger partial charge in [-0.15, -0.1) is 0 Å². The lowest BCUT2D eigenvalue weighted by Gasteiger charge is -2.36. The number of nitrogens with zero attached hydrogens (tertiary/aromatic N) is 3. The van der Waals surface area contributed by atoms with Crippen molar-refractivity contribution in [3.8, 4) is 11.1 Å². The summed E-state index contributed by atoms with van der Waals surface area (Å²) in [6.45, 7) is 9.34. The van der Waals surface area contributed by atoms with Crippen molar-refractivity contribution in [1.82, 2.24) is 14.5 Å². The van der Waals surface area contributed by atoms with Crippen molar-refractivity contribution >= 4 is 5.91 Å². The average Bonchev–Trinajstić information content (AvgIpc) is 2.97. The highest BCUT2D eigenvalue weighted by atomic mass is 16.3. The molecule has 1 unspecified atom stereocenters. The van der Waals surface area contributed by atoms with Gasteiger partial charge in [0.15, 0.2) is 0 Å². The second-order valence-corrected chi connectivity index (χ2v) is 10.9. The Morgan fingerprint density at radius 3 is 2.20 bits per heavy atom. The number of carbonyl (C=O) groups excluding carboxylic acids is 1. The largest absolute Gasteiger partial charge is 0.392 e. The number of hydrogen-bond donors (Lipinski definition) is 2. The van der Waals surface area contributed by atoms with Gasteiger partial charge in [0.2, 0.25) is 0 Å². The fourth-order valence-electron chi connectivity index (χ4n) is 5.27. The maximum atomic E-state index is 14.0. The molecule has 0 radical (unpaired) electrons. The van der Waals surface area contributed by atoms with E-state index in [4.69, 9.17) is 10.7 Å². The number of benzene rings is 3. The van der Waals surface area contributed by atoms with Crippen LogP contribution in [0.2, 0.25) is 0 Å². The molecule has 0 fully saturated rings. The smallest absolute Gasteiger partial charge is 0.281 e. The first kappa shape index (κ1) is 29.9. The first-order chi connectivity index (χ1) is 19.7. The number of aliphatic hydroxyl groups excluding tert-OH is 1. The fourth-order valence-corrected chi connectivity index (χ4v) is 5.27. The lowest BCUT2D eigenvalue weighted by atomic mass is 9.97. The van der Waals surface area contributed by atoms with E-state index in [0.717, 1.165) is 27.9 Å². The number of carbonyl (C=O) groups is 1. The second kappa shape index (κ2) is 13.5. The summed E-state index contributed by atoms with van der Waals surface area (Å²) in [5.74, 6) is 0.406. The van der Waals surface area contributed by atoms with Crippen molar-refractivity contribution in [1.29, 1.82) is 0 Å². The van der Waals surface area contributed by atoms with Gasteiger partial charge in [0.25, 0.3) is 11.5 Å². The van der Waals surface area contributed by atoms with Crippen LogP contribution in [-0.4, -0.2) is 38.6 Å². The van der Waals surface area contributed by atoms with Gasteiger partial charge in [0.1, 0.15) is 5.82 Å².